The van der Waals surface area contributed by atoms with Gasteiger partial charge in [-0.05, 0) is 17.9 Å². The van der Waals surface area contributed by atoms with E-state index >= 15 is 0 Å². The normalized spacial score (nSPS) is 20.0. The van der Waals surface area contributed by atoms with Gasteiger partial charge in [0.05, 0.1) is 13.2 Å². The maximum Gasteiger partial charge on any atom is 0.328 e. The van der Waals surface area contributed by atoms with E-state index in [1.165, 1.54) is 10.5 Å². The molecule has 2 unspecified atom stereocenters. The molecule has 1 aromatic carbocycles. The van der Waals surface area contributed by atoms with Crippen LogP contribution >= 0.6 is 0 Å². The molecular formula is C16H21NO4. The first-order chi connectivity index (χ1) is 10.1. The second-order valence-electron chi connectivity index (χ2n) is 5.37. The number of ether oxygens (including phenoxy) is 1. The Morgan fingerprint density at radius 2 is 2.10 bits per heavy atom. The summed E-state index contributed by atoms with van der Waals surface area (Å²) in [5.74, 6) is -0.827. The summed E-state index contributed by atoms with van der Waals surface area (Å²) in [5, 5.41) is 9.14. The first kappa shape index (κ1) is 15.5. The van der Waals surface area contributed by atoms with Crippen LogP contribution in [0.1, 0.15) is 31.2 Å². The van der Waals surface area contributed by atoms with E-state index in [9.17, 15) is 9.59 Å². The second kappa shape index (κ2) is 7.22. The molecule has 1 amide bonds. The highest BCUT2D eigenvalue weighted by atomic mass is 16.5. The van der Waals surface area contributed by atoms with E-state index in [1.54, 1.807) is 0 Å². The average Bonchev–Trinajstić information content (AvgIpc) is 2.53. The summed E-state index contributed by atoms with van der Waals surface area (Å²) >= 11 is 0. The van der Waals surface area contributed by atoms with Crippen molar-refractivity contribution < 1.29 is 19.4 Å². The molecule has 1 fully saturated rings. The van der Waals surface area contributed by atoms with E-state index in [0.717, 1.165) is 0 Å². The molecular weight excluding hydrogens is 270 g/mol. The summed E-state index contributed by atoms with van der Waals surface area (Å²) in [7, 11) is 0. The van der Waals surface area contributed by atoms with E-state index in [-0.39, 0.29) is 18.4 Å². The van der Waals surface area contributed by atoms with Crippen molar-refractivity contribution in [2.24, 2.45) is 0 Å². The summed E-state index contributed by atoms with van der Waals surface area (Å²) < 4.78 is 5.14. The van der Waals surface area contributed by atoms with Crippen LogP contribution in [-0.4, -0.2) is 47.7 Å². The summed E-state index contributed by atoms with van der Waals surface area (Å²) in [6, 6.07) is 9.17. The van der Waals surface area contributed by atoms with Crippen molar-refractivity contribution in [1.29, 1.82) is 0 Å². The van der Waals surface area contributed by atoms with Crippen LogP contribution in [0.4, 0.5) is 0 Å². The van der Waals surface area contributed by atoms with Gasteiger partial charge < -0.3 is 14.7 Å². The molecule has 0 aromatic heterocycles. The lowest BCUT2D eigenvalue weighted by molar-refractivity contribution is -0.158. The van der Waals surface area contributed by atoms with Gasteiger partial charge in [-0.1, -0.05) is 37.3 Å². The van der Waals surface area contributed by atoms with E-state index in [4.69, 9.17) is 9.84 Å². The van der Waals surface area contributed by atoms with Gasteiger partial charge in [0.2, 0.25) is 5.91 Å². The van der Waals surface area contributed by atoms with Gasteiger partial charge in [0.15, 0.2) is 6.04 Å². The number of hydrogen-bond acceptors (Lipinski definition) is 3. The predicted molar refractivity (Wildman–Crippen MR) is 78.0 cm³/mol. The molecule has 21 heavy (non-hydrogen) atoms. The van der Waals surface area contributed by atoms with Crippen LogP contribution in [0.25, 0.3) is 0 Å². The summed E-state index contributed by atoms with van der Waals surface area (Å²) in [6.07, 6.45) is 1.08. The molecule has 1 aromatic rings. The Morgan fingerprint density at radius 1 is 1.38 bits per heavy atom. The maximum absolute atomic E-state index is 12.3. The molecule has 114 valence electrons. The Kier molecular flexibility index (Phi) is 5.33. The molecule has 2 rings (SSSR count). The molecule has 1 saturated heterocycles. The van der Waals surface area contributed by atoms with Crippen LogP contribution in [0.15, 0.2) is 30.3 Å². The highest BCUT2D eigenvalue weighted by molar-refractivity contribution is 5.84. The molecule has 0 radical (unpaired) electrons. The third kappa shape index (κ3) is 4.04. The number of morpholine rings is 1. The minimum absolute atomic E-state index is 0.0787. The second-order valence-corrected chi connectivity index (χ2v) is 5.37. The smallest absolute Gasteiger partial charge is 0.328 e. The lowest BCUT2D eigenvalue weighted by Gasteiger charge is -2.33. The van der Waals surface area contributed by atoms with Crippen molar-refractivity contribution in [3.8, 4) is 0 Å². The molecule has 1 N–H and O–H groups in total. The van der Waals surface area contributed by atoms with Crippen molar-refractivity contribution in [2.45, 2.75) is 31.7 Å². The summed E-state index contributed by atoms with van der Waals surface area (Å²) in [4.78, 5) is 24.8. The van der Waals surface area contributed by atoms with Crippen molar-refractivity contribution in [2.75, 3.05) is 19.8 Å². The minimum Gasteiger partial charge on any atom is -0.480 e. The number of carbonyl (C=O) groups is 2. The zero-order chi connectivity index (χ0) is 15.2. The number of benzene rings is 1. The predicted octanol–water partition coefficient (Wildman–Crippen LogP) is 1.88. The maximum atomic E-state index is 12.3. The average molecular weight is 291 g/mol. The van der Waals surface area contributed by atoms with Gasteiger partial charge >= 0.3 is 5.97 Å². The third-order valence-corrected chi connectivity index (χ3v) is 3.89. The highest BCUT2D eigenvalue weighted by Gasteiger charge is 2.32. The Hall–Kier alpha value is -1.88. The standard InChI is InChI=1S/C16H21NO4/c1-12(13-5-3-2-4-6-13)7-8-15(18)17-9-10-21-11-14(17)16(19)20/h2-6,12,14H,7-11H2,1H3,(H,19,20). The van der Waals surface area contributed by atoms with Crippen molar-refractivity contribution >= 4 is 11.9 Å². The Bertz CT molecular complexity index is 488. The number of carboxylic acid groups (broad SMARTS) is 1. The first-order valence-corrected chi connectivity index (χ1v) is 7.24. The van der Waals surface area contributed by atoms with Crippen LogP contribution in [0.5, 0.6) is 0 Å². The Morgan fingerprint density at radius 3 is 2.76 bits per heavy atom. The lowest BCUT2D eigenvalue weighted by atomic mass is 9.96. The quantitative estimate of drug-likeness (QED) is 0.899. The van der Waals surface area contributed by atoms with E-state index < -0.39 is 12.0 Å². The summed E-state index contributed by atoms with van der Waals surface area (Å²) in [6.45, 7) is 2.92. The van der Waals surface area contributed by atoms with Crippen LogP contribution in [-0.2, 0) is 14.3 Å². The topological polar surface area (TPSA) is 66.8 Å². The highest BCUT2D eigenvalue weighted by Crippen LogP contribution is 2.21. The molecule has 0 bridgehead atoms. The van der Waals surface area contributed by atoms with E-state index in [2.05, 4.69) is 6.92 Å². The number of hydrogen-bond donors (Lipinski definition) is 1. The monoisotopic (exact) mass is 291 g/mol. The molecule has 5 heteroatoms. The van der Waals surface area contributed by atoms with Crippen LogP contribution in [0, 0.1) is 0 Å². The Labute approximate surface area is 124 Å². The minimum atomic E-state index is -1.00. The fourth-order valence-electron chi connectivity index (χ4n) is 2.54. The largest absolute Gasteiger partial charge is 0.480 e. The molecule has 2 atom stereocenters. The Balaban J connectivity index is 1.90. The van der Waals surface area contributed by atoms with Crippen LogP contribution in [0.3, 0.4) is 0 Å². The van der Waals surface area contributed by atoms with Crippen LogP contribution < -0.4 is 0 Å². The van der Waals surface area contributed by atoms with Gasteiger partial charge in [-0.2, -0.15) is 0 Å². The number of carboxylic acids is 1. The van der Waals surface area contributed by atoms with Gasteiger partial charge in [-0.25, -0.2) is 4.79 Å². The number of rotatable bonds is 5. The van der Waals surface area contributed by atoms with Crippen molar-refractivity contribution in [3.63, 3.8) is 0 Å². The molecule has 0 spiro atoms. The van der Waals surface area contributed by atoms with Gasteiger partial charge in [0.25, 0.3) is 0 Å². The molecule has 1 heterocycles. The van der Waals surface area contributed by atoms with Gasteiger partial charge in [0, 0.05) is 13.0 Å². The number of carbonyl (C=O) groups excluding carboxylic acids is 1. The molecule has 5 nitrogen and oxygen atoms in total. The summed E-state index contributed by atoms with van der Waals surface area (Å²) in [5.41, 5.74) is 1.20. The molecule has 1 aliphatic rings. The fourth-order valence-corrected chi connectivity index (χ4v) is 2.54. The fraction of sp³-hybridized carbons (Fsp3) is 0.500. The van der Waals surface area contributed by atoms with Crippen molar-refractivity contribution in [1.82, 2.24) is 4.90 Å². The van der Waals surface area contributed by atoms with Gasteiger partial charge in [-0.3, -0.25) is 4.79 Å². The zero-order valence-electron chi connectivity index (χ0n) is 12.2. The number of aliphatic carboxylic acids is 1. The zero-order valence-corrected chi connectivity index (χ0v) is 12.2. The van der Waals surface area contributed by atoms with E-state index in [1.807, 2.05) is 30.3 Å². The number of nitrogens with zero attached hydrogens (tertiary/aromatic N) is 1. The molecule has 1 aliphatic heterocycles. The molecule has 0 saturated carbocycles. The SMILES string of the molecule is CC(CCC(=O)N1CCOCC1C(=O)O)c1ccccc1. The van der Waals surface area contributed by atoms with E-state index in [0.29, 0.717) is 26.0 Å². The van der Waals surface area contributed by atoms with Crippen LogP contribution in [0.2, 0.25) is 0 Å². The third-order valence-electron chi connectivity index (χ3n) is 3.89. The molecule has 0 aliphatic carbocycles. The van der Waals surface area contributed by atoms with Crippen molar-refractivity contribution in [3.05, 3.63) is 35.9 Å². The number of amides is 1. The lowest BCUT2D eigenvalue weighted by Crippen LogP contribution is -2.52. The van der Waals surface area contributed by atoms with Gasteiger partial charge in [-0.15, -0.1) is 0 Å². The van der Waals surface area contributed by atoms with Gasteiger partial charge in [0.1, 0.15) is 0 Å². The first-order valence-electron chi connectivity index (χ1n) is 7.24.